The third kappa shape index (κ3) is 2.52. The van der Waals surface area contributed by atoms with E-state index in [-0.39, 0.29) is 18.4 Å². The van der Waals surface area contributed by atoms with E-state index in [1.54, 1.807) is 6.92 Å². The van der Waals surface area contributed by atoms with E-state index in [4.69, 9.17) is 4.74 Å². The normalized spacial score (nSPS) is 37.6. The van der Waals surface area contributed by atoms with Crippen LogP contribution in [0.2, 0.25) is 0 Å². The summed E-state index contributed by atoms with van der Waals surface area (Å²) in [6, 6.07) is -0.427. The van der Waals surface area contributed by atoms with Crippen molar-refractivity contribution in [3.63, 3.8) is 0 Å². The van der Waals surface area contributed by atoms with Crippen LogP contribution in [0.25, 0.3) is 0 Å². The van der Waals surface area contributed by atoms with Crippen LogP contribution >= 0.6 is 0 Å². The second-order valence-electron chi connectivity index (χ2n) is 3.55. The van der Waals surface area contributed by atoms with Crippen molar-refractivity contribution in [1.82, 2.24) is 5.32 Å². The molecule has 5 nitrogen and oxygen atoms in total. The van der Waals surface area contributed by atoms with Crippen LogP contribution in [-0.2, 0) is 14.3 Å². The van der Waals surface area contributed by atoms with Crippen LogP contribution in [0.3, 0.4) is 0 Å². The van der Waals surface area contributed by atoms with E-state index >= 15 is 0 Å². The number of nitrogens with one attached hydrogen (secondary N) is 1. The summed E-state index contributed by atoms with van der Waals surface area (Å²) in [6.07, 6.45) is -0.733. The molecule has 0 aromatic carbocycles. The number of aliphatic hydroxyl groups excluding tert-OH is 1. The van der Waals surface area contributed by atoms with Crippen LogP contribution in [0, 0.1) is 0 Å². The van der Waals surface area contributed by atoms with Gasteiger partial charge in [0.2, 0.25) is 5.91 Å². The first kappa shape index (κ1) is 11.1. The number of aldehydes is 1. The van der Waals surface area contributed by atoms with Gasteiger partial charge in [0, 0.05) is 13.3 Å². The Labute approximate surface area is 82.4 Å². The van der Waals surface area contributed by atoms with Gasteiger partial charge in [-0.3, -0.25) is 4.79 Å². The molecule has 0 aromatic heterocycles. The molecule has 0 aromatic rings. The molecular formula is C9H15NO4. The summed E-state index contributed by atoms with van der Waals surface area (Å²) >= 11 is 0. The molecular weight excluding hydrogens is 186 g/mol. The highest BCUT2D eigenvalue weighted by Crippen LogP contribution is 2.18. The van der Waals surface area contributed by atoms with Gasteiger partial charge in [0.15, 0.2) is 0 Å². The predicted molar refractivity (Wildman–Crippen MR) is 48.6 cm³/mol. The molecule has 1 amide bonds. The molecule has 0 radical (unpaired) electrons. The average molecular weight is 201 g/mol. The van der Waals surface area contributed by atoms with Crippen molar-refractivity contribution in [1.29, 1.82) is 0 Å². The Hall–Kier alpha value is -0.940. The molecule has 0 aliphatic carbocycles. The number of carbonyl (C=O) groups excluding carboxylic acids is 2. The van der Waals surface area contributed by atoms with Crippen molar-refractivity contribution in [3.05, 3.63) is 0 Å². The summed E-state index contributed by atoms with van der Waals surface area (Å²) < 4.78 is 5.28. The van der Waals surface area contributed by atoms with E-state index in [1.807, 2.05) is 0 Å². The van der Waals surface area contributed by atoms with Gasteiger partial charge in [-0.2, -0.15) is 0 Å². The minimum atomic E-state index is -0.724. The lowest BCUT2D eigenvalue weighted by Gasteiger charge is -2.36. The first-order valence-corrected chi connectivity index (χ1v) is 4.60. The summed E-state index contributed by atoms with van der Waals surface area (Å²) in [5.74, 6) is -0.214. The molecule has 4 atom stereocenters. The van der Waals surface area contributed by atoms with Gasteiger partial charge in [0.25, 0.3) is 0 Å². The van der Waals surface area contributed by atoms with Crippen molar-refractivity contribution in [3.8, 4) is 0 Å². The number of ether oxygens (including phenoxy) is 1. The maximum atomic E-state index is 10.8. The molecule has 0 bridgehead atoms. The number of amides is 1. The molecule has 0 spiro atoms. The van der Waals surface area contributed by atoms with Crippen LogP contribution in [0.5, 0.6) is 0 Å². The lowest BCUT2D eigenvalue weighted by Crippen LogP contribution is -2.55. The van der Waals surface area contributed by atoms with Crippen LogP contribution in [0.4, 0.5) is 0 Å². The largest absolute Gasteiger partial charge is 0.391 e. The fraction of sp³-hybridized carbons (Fsp3) is 0.778. The Bertz CT molecular complexity index is 219. The van der Waals surface area contributed by atoms with Crippen LogP contribution < -0.4 is 5.32 Å². The first-order chi connectivity index (χ1) is 6.54. The fourth-order valence-corrected chi connectivity index (χ4v) is 1.65. The maximum Gasteiger partial charge on any atom is 0.217 e. The van der Waals surface area contributed by atoms with E-state index in [0.717, 1.165) is 0 Å². The Morgan fingerprint density at radius 2 is 2.29 bits per heavy atom. The second-order valence-corrected chi connectivity index (χ2v) is 3.55. The molecule has 2 unspecified atom stereocenters. The van der Waals surface area contributed by atoms with Gasteiger partial charge in [-0.1, -0.05) is 0 Å². The van der Waals surface area contributed by atoms with Crippen LogP contribution in [-0.4, -0.2) is 41.7 Å². The van der Waals surface area contributed by atoms with E-state index in [0.29, 0.717) is 6.29 Å². The lowest BCUT2D eigenvalue weighted by molar-refractivity contribution is -0.143. The smallest absolute Gasteiger partial charge is 0.217 e. The topological polar surface area (TPSA) is 75.6 Å². The maximum absolute atomic E-state index is 10.8. The molecule has 0 saturated carbocycles. The zero-order valence-corrected chi connectivity index (χ0v) is 8.27. The number of aliphatic hydroxyl groups is 1. The zero-order chi connectivity index (χ0) is 10.7. The zero-order valence-electron chi connectivity index (χ0n) is 8.27. The fourth-order valence-electron chi connectivity index (χ4n) is 1.65. The molecule has 80 valence electrons. The van der Waals surface area contributed by atoms with Crippen LogP contribution in [0.1, 0.15) is 20.3 Å². The van der Waals surface area contributed by atoms with E-state index < -0.39 is 18.2 Å². The van der Waals surface area contributed by atoms with Gasteiger partial charge in [-0.25, -0.2) is 0 Å². The van der Waals surface area contributed by atoms with E-state index in [2.05, 4.69) is 5.32 Å². The monoisotopic (exact) mass is 201 g/mol. The summed E-state index contributed by atoms with van der Waals surface area (Å²) in [7, 11) is 0. The standard InChI is InChI=1S/C9H15NO4/c1-5-9(10-6(2)12)8(13)3-7(4-11)14-5/h4-5,7-9,13H,3H2,1-2H3,(H,10,12)/t5-,7?,8-,9?/m0/s1. The van der Waals surface area contributed by atoms with Crippen molar-refractivity contribution in [2.45, 2.75) is 44.6 Å². The number of hydrogen-bond acceptors (Lipinski definition) is 4. The molecule has 5 heteroatoms. The van der Waals surface area contributed by atoms with Gasteiger partial charge >= 0.3 is 0 Å². The highest BCUT2D eigenvalue weighted by molar-refractivity contribution is 5.73. The van der Waals surface area contributed by atoms with Crippen molar-refractivity contribution >= 4 is 12.2 Å². The van der Waals surface area contributed by atoms with E-state index in [1.165, 1.54) is 6.92 Å². The Morgan fingerprint density at radius 3 is 2.71 bits per heavy atom. The van der Waals surface area contributed by atoms with Gasteiger partial charge in [0.1, 0.15) is 12.4 Å². The first-order valence-electron chi connectivity index (χ1n) is 4.60. The predicted octanol–water partition coefficient (Wildman–Crippen LogP) is -0.772. The summed E-state index contributed by atoms with van der Waals surface area (Å²) in [6.45, 7) is 3.10. The minimum Gasteiger partial charge on any atom is -0.391 e. The van der Waals surface area contributed by atoms with Gasteiger partial charge in [-0.05, 0) is 6.92 Å². The molecule has 1 aliphatic rings. The van der Waals surface area contributed by atoms with Gasteiger partial charge < -0.3 is 20.0 Å². The lowest BCUT2D eigenvalue weighted by atomic mass is 9.96. The Morgan fingerprint density at radius 1 is 1.64 bits per heavy atom. The average Bonchev–Trinajstić information content (AvgIpc) is 2.10. The third-order valence-electron chi connectivity index (χ3n) is 2.31. The number of rotatable bonds is 2. The molecule has 1 fully saturated rings. The van der Waals surface area contributed by atoms with Crippen LogP contribution in [0.15, 0.2) is 0 Å². The highest BCUT2D eigenvalue weighted by Gasteiger charge is 2.35. The van der Waals surface area contributed by atoms with Crippen molar-refractivity contribution < 1.29 is 19.4 Å². The molecule has 1 aliphatic heterocycles. The molecule has 1 heterocycles. The van der Waals surface area contributed by atoms with E-state index in [9.17, 15) is 14.7 Å². The summed E-state index contributed by atoms with van der Waals surface area (Å²) in [5.41, 5.74) is 0. The molecule has 1 saturated heterocycles. The minimum absolute atomic E-state index is 0.214. The van der Waals surface area contributed by atoms with Gasteiger partial charge in [-0.15, -0.1) is 0 Å². The summed E-state index contributed by atoms with van der Waals surface area (Å²) in [5, 5.41) is 12.2. The number of hydrogen-bond donors (Lipinski definition) is 2. The van der Waals surface area contributed by atoms with Crippen molar-refractivity contribution in [2.24, 2.45) is 0 Å². The third-order valence-corrected chi connectivity index (χ3v) is 2.31. The SMILES string of the molecule is CC(=O)NC1[C@H](C)OC(C=O)C[C@@H]1O. The number of carbonyl (C=O) groups is 2. The Balaban J connectivity index is 2.60. The molecule has 1 rings (SSSR count). The Kier molecular flexibility index (Phi) is 3.60. The van der Waals surface area contributed by atoms with Gasteiger partial charge in [0.05, 0.1) is 18.2 Å². The van der Waals surface area contributed by atoms with Crippen molar-refractivity contribution in [2.75, 3.05) is 0 Å². The quantitative estimate of drug-likeness (QED) is 0.575. The second kappa shape index (κ2) is 4.52. The molecule has 14 heavy (non-hydrogen) atoms. The summed E-state index contributed by atoms with van der Waals surface area (Å²) in [4.78, 5) is 21.3. The highest BCUT2D eigenvalue weighted by atomic mass is 16.5. The molecule has 2 N–H and O–H groups in total.